The van der Waals surface area contributed by atoms with Crippen molar-refractivity contribution < 1.29 is 14.6 Å². The van der Waals surface area contributed by atoms with E-state index in [4.69, 9.17) is 9.47 Å². The van der Waals surface area contributed by atoms with Crippen LogP contribution in [0, 0.1) is 0 Å². The van der Waals surface area contributed by atoms with Crippen molar-refractivity contribution in [1.29, 1.82) is 0 Å². The Labute approximate surface area is 144 Å². The van der Waals surface area contributed by atoms with Gasteiger partial charge in [0.05, 0.1) is 0 Å². The number of nitrogens with one attached hydrogen (secondary N) is 1. The van der Waals surface area contributed by atoms with E-state index in [-0.39, 0.29) is 12.6 Å². The van der Waals surface area contributed by atoms with Crippen molar-refractivity contribution in [2.45, 2.75) is 32.4 Å². The third-order valence-electron chi connectivity index (χ3n) is 3.73. The van der Waals surface area contributed by atoms with Crippen molar-refractivity contribution >= 4 is 0 Å². The summed E-state index contributed by atoms with van der Waals surface area (Å²) in [5.41, 5.74) is 1.15. The minimum absolute atomic E-state index is 0.141. The van der Waals surface area contributed by atoms with Crippen LogP contribution in [0.3, 0.4) is 0 Å². The molecule has 0 bridgehead atoms. The van der Waals surface area contributed by atoms with Crippen LogP contribution in [0.25, 0.3) is 0 Å². The highest BCUT2D eigenvalue weighted by atomic mass is 16.5. The molecule has 130 valence electrons. The van der Waals surface area contributed by atoms with Crippen LogP contribution in [-0.2, 0) is 6.42 Å². The Morgan fingerprint density at radius 3 is 2.42 bits per heavy atom. The number of hydrogen-bond acceptors (Lipinski definition) is 4. The molecule has 4 heteroatoms. The third kappa shape index (κ3) is 6.22. The molecule has 4 nitrogen and oxygen atoms in total. The molecule has 2 aromatic rings. The maximum atomic E-state index is 10.1. The molecule has 0 aliphatic rings. The van der Waals surface area contributed by atoms with Crippen molar-refractivity contribution in [3.8, 4) is 11.5 Å². The van der Waals surface area contributed by atoms with E-state index in [9.17, 15) is 5.11 Å². The SMILES string of the molecule is CCc1ccccc1OC[C@H](O)CN[C@@H](C)COc1ccccc1. The molecular weight excluding hydrogens is 302 g/mol. The number of aliphatic hydroxyl groups excluding tert-OH is 1. The molecule has 0 spiro atoms. The van der Waals surface area contributed by atoms with Gasteiger partial charge in [0, 0.05) is 12.6 Å². The molecule has 2 rings (SSSR count). The Bertz CT molecular complexity index is 588. The molecule has 2 aromatic carbocycles. The number of rotatable bonds is 10. The van der Waals surface area contributed by atoms with Crippen LogP contribution >= 0.6 is 0 Å². The van der Waals surface area contributed by atoms with Crippen LogP contribution < -0.4 is 14.8 Å². The summed E-state index contributed by atoms with van der Waals surface area (Å²) >= 11 is 0. The molecule has 0 aliphatic carbocycles. The molecule has 0 aromatic heterocycles. The van der Waals surface area contributed by atoms with Gasteiger partial charge in [0.15, 0.2) is 0 Å². The normalized spacial score (nSPS) is 13.3. The summed E-state index contributed by atoms with van der Waals surface area (Å²) in [5.74, 6) is 1.70. The zero-order valence-electron chi connectivity index (χ0n) is 14.4. The molecule has 0 radical (unpaired) electrons. The molecule has 0 saturated carbocycles. The van der Waals surface area contributed by atoms with Gasteiger partial charge in [-0.05, 0) is 37.1 Å². The molecule has 2 atom stereocenters. The summed E-state index contributed by atoms with van der Waals surface area (Å²) in [6.45, 7) is 5.41. The fraction of sp³-hybridized carbons (Fsp3) is 0.400. The van der Waals surface area contributed by atoms with Gasteiger partial charge in [-0.15, -0.1) is 0 Å². The van der Waals surface area contributed by atoms with Gasteiger partial charge < -0.3 is 19.9 Å². The van der Waals surface area contributed by atoms with Gasteiger partial charge in [0.2, 0.25) is 0 Å². The van der Waals surface area contributed by atoms with E-state index in [1.807, 2.05) is 61.5 Å². The van der Waals surface area contributed by atoms with E-state index >= 15 is 0 Å². The van der Waals surface area contributed by atoms with Gasteiger partial charge in [-0.1, -0.05) is 43.3 Å². The number of aryl methyl sites for hydroxylation is 1. The summed E-state index contributed by atoms with van der Waals surface area (Å²) in [6.07, 6.45) is 0.354. The number of benzene rings is 2. The number of ether oxygens (including phenoxy) is 2. The summed E-state index contributed by atoms with van der Waals surface area (Å²) in [6, 6.07) is 17.8. The summed E-state index contributed by atoms with van der Waals surface area (Å²) < 4.78 is 11.4. The number of aliphatic hydroxyl groups is 1. The second-order valence-electron chi connectivity index (χ2n) is 5.86. The molecule has 0 aliphatic heterocycles. The summed E-state index contributed by atoms with van der Waals surface area (Å²) in [4.78, 5) is 0. The highest BCUT2D eigenvalue weighted by Crippen LogP contribution is 2.18. The van der Waals surface area contributed by atoms with Crippen LogP contribution in [0.4, 0.5) is 0 Å². The first kappa shape index (κ1) is 18.3. The molecule has 0 fully saturated rings. The van der Waals surface area contributed by atoms with E-state index in [2.05, 4.69) is 12.2 Å². The zero-order chi connectivity index (χ0) is 17.2. The quantitative estimate of drug-likeness (QED) is 0.703. The van der Waals surface area contributed by atoms with E-state index in [1.54, 1.807) is 0 Å². The molecule has 24 heavy (non-hydrogen) atoms. The first-order valence-electron chi connectivity index (χ1n) is 8.49. The Kier molecular flexibility index (Phi) is 7.59. The second-order valence-corrected chi connectivity index (χ2v) is 5.86. The summed E-state index contributed by atoms with van der Waals surface area (Å²) in [5, 5.41) is 13.3. The Morgan fingerprint density at radius 2 is 1.67 bits per heavy atom. The van der Waals surface area contributed by atoms with Crippen LogP contribution in [0.2, 0.25) is 0 Å². The third-order valence-corrected chi connectivity index (χ3v) is 3.73. The molecular formula is C20H27NO3. The van der Waals surface area contributed by atoms with Crippen LogP contribution in [0.5, 0.6) is 11.5 Å². The fourth-order valence-electron chi connectivity index (χ4n) is 2.32. The average molecular weight is 329 g/mol. The maximum Gasteiger partial charge on any atom is 0.122 e. The lowest BCUT2D eigenvalue weighted by molar-refractivity contribution is 0.101. The highest BCUT2D eigenvalue weighted by Gasteiger charge is 2.10. The lowest BCUT2D eigenvalue weighted by Crippen LogP contribution is -2.39. The Morgan fingerprint density at radius 1 is 0.958 bits per heavy atom. The van der Waals surface area contributed by atoms with Crippen molar-refractivity contribution in [1.82, 2.24) is 5.32 Å². The van der Waals surface area contributed by atoms with Crippen molar-refractivity contribution in [3.05, 3.63) is 60.2 Å². The average Bonchev–Trinajstić information content (AvgIpc) is 2.64. The van der Waals surface area contributed by atoms with E-state index in [1.165, 1.54) is 0 Å². The van der Waals surface area contributed by atoms with Gasteiger partial charge in [-0.25, -0.2) is 0 Å². The monoisotopic (exact) mass is 329 g/mol. The first-order chi connectivity index (χ1) is 11.7. The minimum atomic E-state index is -0.561. The number of hydrogen-bond donors (Lipinski definition) is 2. The topological polar surface area (TPSA) is 50.7 Å². The van der Waals surface area contributed by atoms with E-state index < -0.39 is 6.10 Å². The van der Waals surface area contributed by atoms with Crippen LogP contribution in [-0.4, -0.2) is 37.0 Å². The fourth-order valence-corrected chi connectivity index (χ4v) is 2.32. The van der Waals surface area contributed by atoms with Crippen LogP contribution in [0.15, 0.2) is 54.6 Å². The van der Waals surface area contributed by atoms with Crippen molar-refractivity contribution in [2.75, 3.05) is 19.8 Å². The largest absolute Gasteiger partial charge is 0.492 e. The Hall–Kier alpha value is -2.04. The van der Waals surface area contributed by atoms with Crippen LogP contribution in [0.1, 0.15) is 19.4 Å². The van der Waals surface area contributed by atoms with Crippen molar-refractivity contribution in [3.63, 3.8) is 0 Å². The standard InChI is InChI=1S/C20H27NO3/c1-3-17-9-7-8-12-20(17)24-15-18(22)13-21-16(2)14-23-19-10-5-4-6-11-19/h4-12,16,18,21-22H,3,13-15H2,1-2H3/t16-,18+/m0/s1. The second kappa shape index (κ2) is 9.96. The molecule has 0 heterocycles. The highest BCUT2D eigenvalue weighted by molar-refractivity contribution is 5.33. The summed E-state index contributed by atoms with van der Waals surface area (Å²) in [7, 11) is 0. The van der Waals surface area contributed by atoms with E-state index in [0.29, 0.717) is 13.2 Å². The lowest BCUT2D eigenvalue weighted by Gasteiger charge is -2.18. The van der Waals surface area contributed by atoms with E-state index in [0.717, 1.165) is 23.5 Å². The first-order valence-corrected chi connectivity index (χ1v) is 8.49. The van der Waals surface area contributed by atoms with Gasteiger partial charge in [0.1, 0.15) is 30.8 Å². The van der Waals surface area contributed by atoms with Gasteiger partial charge in [-0.3, -0.25) is 0 Å². The zero-order valence-corrected chi connectivity index (χ0v) is 14.4. The van der Waals surface area contributed by atoms with Gasteiger partial charge in [-0.2, -0.15) is 0 Å². The lowest BCUT2D eigenvalue weighted by atomic mass is 10.1. The van der Waals surface area contributed by atoms with Gasteiger partial charge in [0.25, 0.3) is 0 Å². The maximum absolute atomic E-state index is 10.1. The minimum Gasteiger partial charge on any atom is -0.492 e. The molecule has 0 amide bonds. The Balaban J connectivity index is 1.66. The predicted molar refractivity (Wildman–Crippen MR) is 96.7 cm³/mol. The number of para-hydroxylation sites is 2. The molecule has 0 saturated heterocycles. The molecule has 2 N–H and O–H groups in total. The van der Waals surface area contributed by atoms with Crippen molar-refractivity contribution in [2.24, 2.45) is 0 Å². The predicted octanol–water partition coefficient (Wildman–Crippen LogP) is 3.05. The van der Waals surface area contributed by atoms with Gasteiger partial charge >= 0.3 is 0 Å². The smallest absolute Gasteiger partial charge is 0.122 e. The molecule has 0 unspecified atom stereocenters.